The Bertz CT molecular complexity index is 813. The molecule has 1 aromatic carbocycles. The molecule has 1 fully saturated rings. The maximum atomic E-state index is 12.8. The number of amides is 1. The molecule has 3 rings (SSSR count). The summed E-state index contributed by atoms with van der Waals surface area (Å²) in [7, 11) is -1.53. The SMILES string of the molecule is C[NH+]1CCN(S(=O)(=O)c2cccc(C(=O)Nc3nccs3)c2)CC1. The summed E-state index contributed by atoms with van der Waals surface area (Å²) in [6, 6.07) is 6.13. The Labute approximate surface area is 145 Å². The van der Waals surface area contributed by atoms with Crippen molar-refractivity contribution in [3.05, 3.63) is 41.4 Å². The molecule has 0 bridgehead atoms. The van der Waals surface area contributed by atoms with Crippen LogP contribution in [-0.4, -0.2) is 56.8 Å². The molecule has 1 amide bonds. The topological polar surface area (TPSA) is 83.8 Å². The molecular weight excluding hydrogens is 348 g/mol. The first-order valence-corrected chi connectivity index (χ1v) is 9.91. The molecule has 2 N–H and O–H groups in total. The number of sulfonamides is 1. The minimum atomic E-state index is -3.58. The summed E-state index contributed by atoms with van der Waals surface area (Å²) in [5, 5.41) is 4.90. The van der Waals surface area contributed by atoms with Gasteiger partial charge in [-0.15, -0.1) is 11.3 Å². The van der Waals surface area contributed by atoms with E-state index >= 15 is 0 Å². The maximum absolute atomic E-state index is 12.8. The lowest BCUT2D eigenvalue weighted by molar-refractivity contribution is -0.883. The lowest BCUT2D eigenvalue weighted by Crippen LogP contribution is -3.12. The molecule has 1 aliphatic rings. The average Bonchev–Trinajstić information content (AvgIpc) is 3.08. The van der Waals surface area contributed by atoms with E-state index < -0.39 is 10.0 Å². The molecular formula is C15H19N4O3S2+. The number of hydrogen-bond donors (Lipinski definition) is 2. The van der Waals surface area contributed by atoms with Gasteiger partial charge >= 0.3 is 0 Å². The number of quaternary nitrogens is 1. The monoisotopic (exact) mass is 367 g/mol. The predicted molar refractivity (Wildman–Crippen MR) is 91.9 cm³/mol. The van der Waals surface area contributed by atoms with E-state index in [9.17, 15) is 13.2 Å². The largest absolute Gasteiger partial charge is 0.335 e. The lowest BCUT2D eigenvalue weighted by atomic mass is 10.2. The van der Waals surface area contributed by atoms with Gasteiger partial charge in [0, 0.05) is 17.1 Å². The van der Waals surface area contributed by atoms with Crippen molar-refractivity contribution in [1.29, 1.82) is 0 Å². The van der Waals surface area contributed by atoms with Crippen molar-refractivity contribution in [3.8, 4) is 0 Å². The molecule has 0 unspecified atom stereocenters. The molecule has 1 saturated heterocycles. The highest BCUT2D eigenvalue weighted by Gasteiger charge is 2.29. The zero-order valence-electron chi connectivity index (χ0n) is 13.2. The van der Waals surface area contributed by atoms with Crippen molar-refractivity contribution >= 4 is 32.4 Å². The van der Waals surface area contributed by atoms with E-state index in [4.69, 9.17) is 0 Å². The molecule has 0 aliphatic carbocycles. The van der Waals surface area contributed by atoms with Gasteiger partial charge in [-0.25, -0.2) is 13.4 Å². The van der Waals surface area contributed by atoms with Crippen LogP contribution >= 0.6 is 11.3 Å². The van der Waals surface area contributed by atoms with Crippen LogP contribution in [0.3, 0.4) is 0 Å². The second kappa shape index (κ2) is 6.98. The molecule has 24 heavy (non-hydrogen) atoms. The molecule has 7 nitrogen and oxygen atoms in total. The van der Waals surface area contributed by atoms with Gasteiger partial charge in [-0.05, 0) is 18.2 Å². The predicted octanol–water partition coefficient (Wildman–Crippen LogP) is -0.0856. The molecule has 2 heterocycles. The van der Waals surface area contributed by atoms with Crippen LogP contribution in [0.25, 0.3) is 0 Å². The number of anilines is 1. The molecule has 2 aromatic rings. The number of likely N-dealkylation sites (N-methyl/N-ethyl adjacent to an activating group) is 1. The van der Waals surface area contributed by atoms with Crippen LogP contribution in [-0.2, 0) is 10.0 Å². The Balaban J connectivity index is 1.80. The lowest BCUT2D eigenvalue weighted by Gasteiger charge is -2.29. The zero-order valence-corrected chi connectivity index (χ0v) is 14.9. The maximum Gasteiger partial charge on any atom is 0.257 e. The number of aromatic nitrogens is 1. The van der Waals surface area contributed by atoms with Gasteiger partial charge in [0.15, 0.2) is 5.13 Å². The number of carbonyl (C=O) groups is 1. The van der Waals surface area contributed by atoms with Gasteiger partial charge in [-0.2, -0.15) is 4.31 Å². The van der Waals surface area contributed by atoms with Crippen LogP contribution in [0.5, 0.6) is 0 Å². The van der Waals surface area contributed by atoms with Crippen molar-refractivity contribution in [3.63, 3.8) is 0 Å². The van der Waals surface area contributed by atoms with E-state index in [-0.39, 0.29) is 10.8 Å². The number of thiazole rings is 1. The van der Waals surface area contributed by atoms with Crippen LogP contribution in [0.4, 0.5) is 5.13 Å². The fourth-order valence-corrected chi connectivity index (χ4v) is 4.52. The highest BCUT2D eigenvalue weighted by atomic mass is 32.2. The van der Waals surface area contributed by atoms with Crippen molar-refractivity contribution in [2.24, 2.45) is 0 Å². The zero-order chi connectivity index (χ0) is 17.2. The standard InChI is InChI=1S/C15H18N4O3S2/c1-18-6-8-19(9-7-18)24(21,22)13-4-2-3-12(11-13)14(20)17-15-16-5-10-23-15/h2-5,10-11H,6-9H2,1H3,(H,16,17,20)/p+1. The minimum absolute atomic E-state index is 0.147. The van der Waals surface area contributed by atoms with Crippen LogP contribution in [0.1, 0.15) is 10.4 Å². The first kappa shape index (κ1) is 17.0. The average molecular weight is 367 g/mol. The third-order valence-electron chi connectivity index (χ3n) is 3.96. The summed E-state index contributed by atoms with van der Waals surface area (Å²) in [6.07, 6.45) is 1.59. The third-order valence-corrected chi connectivity index (χ3v) is 6.55. The van der Waals surface area contributed by atoms with Crippen LogP contribution in [0, 0.1) is 0 Å². The smallest absolute Gasteiger partial charge is 0.257 e. The fraction of sp³-hybridized carbons (Fsp3) is 0.333. The van der Waals surface area contributed by atoms with Crippen LogP contribution < -0.4 is 10.2 Å². The van der Waals surface area contributed by atoms with Crippen molar-refractivity contribution in [2.45, 2.75) is 4.90 Å². The Morgan fingerprint density at radius 3 is 2.75 bits per heavy atom. The third kappa shape index (κ3) is 3.64. The second-order valence-corrected chi connectivity index (χ2v) is 8.51. The van der Waals surface area contributed by atoms with E-state index in [1.807, 2.05) is 7.05 Å². The summed E-state index contributed by atoms with van der Waals surface area (Å²) < 4.78 is 27.0. The molecule has 0 atom stereocenters. The molecule has 0 radical (unpaired) electrons. The first-order chi connectivity index (χ1) is 11.5. The van der Waals surface area contributed by atoms with Gasteiger partial charge in [-0.3, -0.25) is 10.1 Å². The quantitative estimate of drug-likeness (QED) is 0.791. The van der Waals surface area contributed by atoms with E-state index in [1.165, 1.54) is 32.7 Å². The Hall–Kier alpha value is -1.81. The molecule has 1 aliphatic heterocycles. The number of rotatable bonds is 4. The number of hydrogen-bond acceptors (Lipinski definition) is 5. The highest BCUT2D eigenvalue weighted by Crippen LogP contribution is 2.18. The van der Waals surface area contributed by atoms with E-state index in [0.717, 1.165) is 13.1 Å². The van der Waals surface area contributed by atoms with Gasteiger partial charge in [-0.1, -0.05) is 6.07 Å². The molecule has 0 spiro atoms. The van der Waals surface area contributed by atoms with Crippen LogP contribution in [0.2, 0.25) is 0 Å². The normalized spacial score (nSPS) is 16.9. The van der Waals surface area contributed by atoms with Crippen molar-refractivity contribution in [2.75, 3.05) is 38.5 Å². The second-order valence-electron chi connectivity index (χ2n) is 5.68. The summed E-state index contributed by atoms with van der Waals surface area (Å²) in [5.74, 6) is -0.371. The van der Waals surface area contributed by atoms with Gasteiger partial charge in [0.05, 0.1) is 38.1 Å². The molecule has 0 saturated carbocycles. The van der Waals surface area contributed by atoms with Gasteiger partial charge in [0.1, 0.15) is 0 Å². The summed E-state index contributed by atoms with van der Waals surface area (Å²) in [5.41, 5.74) is 0.297. The Morgan fingerprint density at radius 2 is 2.08 bits per heavy atom. The minimum Gasteiger partial charge on any atom is -0.335 e. The van der Waals surface area contributed by atoms with Crippen molar-refractivity contribution in [1.82, 2.24) is 9.29 Å². The summed E-state index contributed by atoms with van der Waals surface area (Å²) >= 11 is 1.31. The van der Waals surface area contributed by atoms with Crippen molar-refractivity contribution < 1.29 is 18.1 Å². The summed E-state index contributed by atoms with van der Waals surface area (Å²) in [6.45, 7) is 2.54. The number of carbonyl (C=O) groups excluding carboxylic acids is 1. The number of piperazine rings is 1. The molecule has 128 valence electrons. The van der Waals surface area contributed by atoms with Gasteiger partial charge < -0.3 is 4.90 Å². The Morgan fingerprint density at radius 1 is 1.33 bits per heavy atom. The number of nitrogens with one attached hydrogen (secondary N) is 2. The van der Waals surface area contributed by atoms with Crippen LogP contribution in [0.15, 0.2) is 40.7 Å². The molecule has 1 aromatic heterocycles. The number of benzene rings is 1. The van der Waals surface area contributed by atoms with E-state index in [0.29, 0.717) is 23.8 Å². The van der Waals surface area contributed by atoms with Gasteiger partial charge in [0.25, 0.3) is 5.91 Å². The van der Waals surface area contributed by atoms with E-state index in [2.05, 4.69) is 10.3 Å². The fourth-order valence-electron chi connectivity index (χ4n) is 2.51. The van der Waals surface area contributed by atoms with E-state index in [1.54, 1.807) is 23.7 Å². The van der Waals surface area contributed by atoms with Gasteiger partial charge in [0.2, 0.25) is 10.0 Å². The molecule has 9 heteroatoms. The first-order valence-electron chi connectivity index (χ1n) is 7.59. The number of nitrogens with zero attached hydrogens (tertiary/aromatic N) is 2. The summed E-state index contributed by atoms with van der Waals surface area (Å²) in [4.78, 5) is 17.7. The Kier molecular flexibility index (Phi) is 4.95. The highest BCUT2D eigenvalue weighted by molar-refractivity contribution is 7.89.